The van der Waals surface area contributed by atoms with Gasteiger partial charge in [-0.3, -0.25) is 0 Å². The van der Waals surface area contributed by atoms with Crippen LogP contribution in [0.5, 0.6) is 5.75 Å². The minimum atomic E-state index is 0.115. The lowest BCUT2D eigenvalue weighted by molar-refractivity contribution is 0.411. The van der Waals surface area contributed by atoms with Crippen molar-refractivity contribution in [3.8, 4) is 5.75 Å². The molecule has 0 radical (unpaired) electrons. The van der Waals surface area contributed by atoms with Gasteiger partial charge in [-0.15, -0.1) is 0 Å². The molecule has 0 aliphatic rings. The highest BCUT2D eigenvalue weighted by Gasteiger charge is 2.09. The molecule has 0 unspecified atom stereocenters. The second kappa shape index (κ2) is 6.26. The molecule has 0 aromatic heterocycles. The second-order valence-electron chi connectivity index (χ2n) is 4.47. The third-order valence-corrected chi connectivity index (χ3v) is 3.28. The van der Waals surface area contributed by atoms with Gasteiger partial charge in [0, 0.05) is 6.04 Å². The molecule has 1 rings (SSSR count). The Morgan fingerprint density at radius 1 is 1.31 bits per heavy atom. The van der Waals surface area contributed by atoms with Gasteiger partial charge < -0.3 is 10.5 Å². The van der Waals surface area contributed by atoms with Crippen molar-refractivity contribution in [3.63, 3.8) is 0 Å². The predicted octanol–water partition coefficient (Wildman–Crippen LogP) is 3.89. The summed E-state index contributed by atoms with van der Waals surface area (Å²) in [6.45, 7) is 4.44. The first-order valence-corrected chi connectivity index (χ1v) is 6.43. The van der Waals surface area contributed by atoms with Gasteiger partial charge in [0.25, 0.3) is 0 Å². The number of ether oxygens (including phenoxy) is 1. The van der Waals surface area contributed by atoms with Crippen LogP contribution in [0.1, 0.15) is 38.3 Å². The van der Waals surface area contributed by atoms with Crippen LogP contribution >= 0.6 is 15.9 Å². The van der Waals surface area contributed by atoms with E-state index in [-0.39, 0.29) is 6.04 Å². The summed E-state index contributed by atoms with van der Waals surface area (Å²) in [6, 6.07) is 6.15. The van der Waals surface area contributed by atoms with E-state index in [1.165, 1.54) is 0 Å². The average Bonchev–Trinajstić information content (AvgIpc) is 2.25. The third kappa shape index (κ3) is 3.80. The lowest BCUT2D eigenvalue weighted by atomic mass is 9.98. The summed E-state index contributed by atoms with van der Waals surface area (Å²) in [7, 11) is 1.67. The van der Waals surface area contributed by atoms with Crippen molar-refractivity contribution in [2.24, 2.45) is 11.7 Å². The van der Waals surface area contributed by atoms with Gasteiger partial charge >= 0.3 is 0 Å². The first-order chi connectivity index (χ1) is 7.54. The van der Waals surface area contributed by atoms with E-state index in [1.54, 1.807) is 7.11 Å². The fourth-order valence-electron chi connectivity index (χ4n) is 1.59. The number of nitrogens with two attached hydrogens (primary N) is 1. The van der Waals surface area contributed by atoms with E-state index in [1.807, 2.05) is 18.2 Å². The monoisotopic (exact) mass is 285 g/mol. The van der Waals surface area contributed by atoms with Gasteiger partial charge in [-0.25, -0.2) is 0 Å². The Labute approximate surface area is 106 Å². The highest BCUT2D eigenvalue weighted by atomic mass is 79.9. The molecule has 0 spiro atoms. The summed E-state index contributed by atoms with van der Waals surface area (Å²) in [6.07, 6.45) is 2.18. The number of rotatable bonds is 5. The van der Waals surface area contributed by atoms with Crippen LogP contribution in [0.3, 0.4) is 0 Å². The molecule has 0 aliphatic heterocycles. The number of hydrogen-bond acceptors (Lipinski definition) is 2. The maximum absolute atomic E-state index is 6.14. The molecule has 0 aliphatic carbocycles. The maximum atomic E-state index is 6.14. The maximum Gasteiger partial charge on any atom is 0.133 e. The zero-order chi connectivity index (χ0) is 12.1. The Kier molecular flexibility index (Phi) is 5.29. The van der Waals surface area contributed by atoms with Crippen LogP contribution in [-0.4, -0.2) is 7.11 Å². The molecular formula is C13H20BrNO. The molecule has 2 N–H and O–H groups in total. The van der Waals surface area contributed by atoms with Crippen LogP contribution in [-0.2, 0) is 0 Å². The summed E-state index contributed by atoms with van der Waals surface area (Å²) in [4.78, 5) is 0. The molecule has 1 aromatic carbocycles. The zero-order valence-corrected chi connectivity index (χ0v) is 11.8. The van der Waals surface area contributed by atoms with Crippen LogP contribution in [0.4, 0.5) is 0 Å². The van der Waals surface area contributed by atoms with E-state index in [4.69, 9.17) is 10.5 Å². The van der Waals surface area contributed by atoms with Crippen molar-refractivity contribution in [1.29, 1.82) is 0 Å². The average molecular weight is 286 g/mol. The van der Waals surface area contributed by atoms with Gasteiger partial charge in [0.1, 0.15) is 5.75 Å². The van der Waals surface area contributed by atoms with E-state index in [0.717, 1.165) is 28.6 Å². The summed E-state index contributed by atoms with van der Waals surface area (Å²) < 4.78 is 6.16. The largest absolute Gasteiger partial charge is 0.496 e. The van der Waals surface area contributed by atoms with Crippen LogP contribution in [0, 0.1) is 5.92 Å². The standard InChI is InChI=1S/C13H20BrNO/c1-9(2)4-6-12(15)10-5-7-13(16-3)11(14)8-10/h5,7-9,12H,4,6,15H2,1-3H3/t12-/m1/s1. The molecular weight excluding hydrogens is 266 g/mol. The van der Waals surface area contributed by atoms with Crippen LogP contribution < -0.4 is 10.5 Å². The number of halogens is 1. The molecule has 0 saturated heterocycles. The topological polar surface area (TPSA) is 35.2 Å². The van der Waals surface area contributed by atoms with Crippen LogP contribution in [0.2, 0.25) is 0 Å². The minimum absolute atomic E-state index is 0.115. The molecule has 0 amide bonds. The highest BCUT2D eigenvalue weighted by molar-refractivity contribution is 9.10. The van der Waals surface area contributed by atoms with Gasteiger partial charge in [-0.05, 0) is 52.4 Å². The van der Waals surface area contributed by atoms with Gasteiger partial charge in [-0.2, -0.15) is 0 Å². The lowest BCUT2D eigenvalue weighted by Gasteiger charge is -2.14. The normalized spacial score (nSPS) is 12.9. The Morgan fingerprint density at radius 2 is 2.00 bits per heavy atom. The van der Waals surface area contributed by atoms with Crippen molar-refractivity contribution in [2.75, 3.05) is 7.11 Å². The molecule has 1 atom stereocenters. The Balaban J connectivity index is 2.69. The van der Waals surface area contributed by atoms with Gasteiger partial charge in [0.05, 0.1) is 11.6 Å². The van der Waals surface area contributed by atoms with Crippen LogP contribution in [0.15, 0.2) is 22.7 Å². The van der Waals surface area contributed by atoms with E-state index in [9.17, 15) is 0 Å². The van der Waals surface area contributed by atoms with Crippen molar-refractivity contribution in [2.45, 2.75) is 32.7 Å². The SMILES string of the molecule is COc1ccc([C@H](N)CCC(C)C)cc1Br. The van der Waals surface area contributed by atoms with E-state index in [0.29, 0.717) is 5.92 Å². The van der Waals surface area contributed by atoms with E-state index in [2.05, 4.69) is 29.8 Å². The van der Waals surface area contributed by atoms with Gasteiger partial charge in [-0.1, -0.05) is 19.9 Å². The lowest BCUT2D eigenvalue weighted by Crippen LogP contribution is -2.11. The molecule has 0 saturated carbocycles. The smallest absolute Gasteiger partial charge is 0.133 e. The van der Waals surface area contributed by atoms with Crippen molar-refractivity contribution < 1.29 is 4.74 Å². The van der Waals surface area contributed by atoms with E-state index < -0.39 is 0 Å². The fraction of sp³-hybridized carbons (Fsp3) is 0.538. The molecule has 3 heteroatoms. The quantitative estimate of drug-likeness (QED) is 0.891. The first-order valence-electron chi connectivity index (χ1n) is 5.63. The third-order valence-electron chi connectivity index (χ3n) is 2.66. The van der Waals surface area contributed by atoms with Gasteiger partial charge in [0.2, 0.25) is 0 Å². The minimum Gasteiger partial charge on any atom is -0.496 e. The fourth-order valence-corrected chi connectivity index (χ4v) is 2.15. The van der Waals surface area contributed by atoms with E-state index >= 15 is 0 Å². The Hall–Kier alpha value is -0.540. The number of methoxy groups -OCH3 is 1. The molecule has 2 nitrogen and oxygen atoms in total. The molecule has 0 heterocycles. The zero-order valence-electron chi connectivity index (χ0n) is 10.2. The predicted molar refractivity (Wildman–Crippen MR) is 71.7 cm³/mol. The Morgan fingerprint density at radius 3 is 2.50 bits per heavy atom. The van der Waals surface area contributed by atoms with Gasteiger partial charge in [0.15, 0.2) is 0 Å². The molecule has 90 valence electrons. The summed E-state index contributed by atoms with van der Waals surface area (Å²) in [5, 5.41) is 0. The molecule has 0 bridgehead atoms. The molecule has 0 fully saturated rings. The second-order valence-corrected chi connectivity index (χ2v) is 5.33. The first kappa shape index (κ1) is 13.5. The van der Waals surface area contributed by atoms with Crippen LogP contribution in [0.25, 0.3) is 0 Å². The number of benzene rings is 1. The summed E-state index contributed by atoms with van der Waals surface area (Å²) >= 11 is 3.48. The van der Waals surface area contributed by atoms with Crippen molar-refractivity contribution >= 4 is 15.9 Å². The molecule has 1 aromatic rings. The molecule has 16 heavy (non-hydrogen) atoms. The summed E-state index contributed by atoms with van der Waals surface area (Å²) in [5.41, 5.74) is 7.30. The van der Waals surface area contributed by atoms with Crippen molar-refractivity contribution in [1.82, 2.24) is 0 Å². The number of hydrogen-bond donors (Lipinski definition) is 1. The van der Waals surface area contributed by atoms with Crippen molar-refractivity contribution in [3.05, 3.63) is 28.2 Å². The summed E-state index contributed by atoms with van der Waals surface area (Å²) in [5.74, 6) is 1.55. The Bertz CT molecular complexity index is 339. The highest BCUT2D eigenvalue weighted by Crippen LogP contribution is 2.29.